The average molecular weight is 306 g/mol. The minimum absolute atomic E-state index is 0.0562. The Morgan fingerprint density at radius 3 is 2.53 bits per heavy atom. The summed E-state index contributed by atoms with van der Waals surface area (Å²) >= 11 is 5.70. The molecular weight excluding hydrogens is 286 g/mol. The molecule has 4 nitrogen and oxygen atoms in total. The maximum absolute atomic E-state index is 12.7. The van der Waals surface area contributed by atoms with E-state index in [0.717, 1.165) is 12.8 Å². The molecular formula is C13H20ClNO3S. The van der Waals surface area contributed by atoms with E-state index >= 15 is 0 Å². The molecule has 0 radical (unpaired) electrons. The fraction of sp³-hybridized carbons (Fsp3) is 0.692. The van der Waals surface area contributed by atoms with Crippen LogP contribution in [0.3, 0.4) is 0 Å². The summed E-state index contributed by atoms with van der Waals surface area (Å²) in [6.45, 7) is 6.06. The number of aryl methyl sites for hydroxylation is 1. The fourth-order valence-electron chi connectivity index (χ4n) is 2.11. The quantitative estimate of drug-likeness (QED) is 0.759. The highest BCUT2D eigenvalue weighted by molar-refractivity contribution is 7.89. The lowest BCUT2D eigenvalue weighted by Gasteiger charge is -2.25. The van der Waals surface area contributed by atoms with Gasteiger partial charge in [0.25, 0.3) is 0 Å². The predicted octanol–water partition coefficient (Wildman–Crippen LogP) is 3.14. The minimum atomic E-state index is -3.49. The van der Waals surface area contributed by atoms with Crippen molar-refractivity contribution in [3.63, 3.8) is 0 Å². The molecule has 1 saturated carbocycles. The first-order valence-electron chi connectivity index (χ1n) is 6.53. The van der Waals surface area contributed by atoms with Crippen LogP contribution in [0, 0.1) is 12.8 Å². The van der Waals surface area contributed by atoms with E-state index in [1.165, 1.54) is 0 Å². The van der Waals surface area contributed by atoms with E-state index in [2.05, 4.69) is 0 Å². The third-order valence-electron chi connectivity index (χ3n) is 3.35. The number of sulfonamides is 1. The third-order valence-corrected chi connectivity index (χ3v) is 5.77. The highest BCUT2D eigenvalue weighted by Crippen LogP contribution is 2.33. The van der Waals surface area contributed by atoms with Crippen molar-refractivity contribution in [1.29, 1.82) is 0 Å². The zero-order chi connectivity index (χ0) is 14.2. The summed E-state index contributed by atoms with van der Waals surface area (Å²) in [7, 11) is -3.49. The van der Waals surface area contributed by atoms with Crippen LogP contribution in [0.2, 0.25) is 0 Å². The lowest BCUT2D eigenvalue weighted by atomic mass is 10.3. The van der Waals surface area contributed by atoms with Crippen LogP contribution in [0.15, 0.2) is 15.4 Å². The van der Waals surface area contributed by atoms with Crippen molar-refractivity contribution >= 4 is 21.6 Å². The van der Waals surface area contributed by atoms with E-state index in [9.17, 15) is 8.42 Å². The number of furan rings is 1. The van der Waals surface area contributed by atoms with Crippen LogP contribution in [0.5, 0.6) is 0 Å². The van der Waals surface area contributed by atoms with E-state index in [4.69, 9.17) is 16.0 Å². The second-order valence-corrected chi connectivity index (χ2v) is 7.50. The van der Waals surface area contributed by atoms with Crippen molar-refractivity contribution in [2.24, 2.45) is 5.92 Å². The molecule has 0 atom stereocenters. The van der Waals surface area contributed by atoms with Crippen molar-refractivity contribution in [2.75, 3.05) is 6.54 Å². The van der Waals surface area contributed by atoms with Crippen molar-refractivity contribution < 1.29 is 12.8 Å². The number of alkyl halides is 1. The van der Waals surface area contributed by atoms with Crippen LogP contribution in [-0.4, -0.2) is 25.3 Å². The fourth-order valence-corrected chi connectivity index (χ4v) is 4.15. The Balaban J connectivity index is 2.34. The first kappa shape index (κ1) is 14.9. The standard InChI is InChI=1S/C13H20ClNO3S/c1-9(2)15(8-11-4-5-11)19(16,17)13-6-12(7-14)18-10(13)3/h6,9,11H,4-5,7-8H2,1-3H3. The van der Waals surface area contributed by atoms with Gasteiger partial charge in [0.1, 0.15) is 16.4 Å². The van der Waals surface area contributed by atoms with Crippen LogP contribution in [0.4, 0.5) is 0 Å². The molecule has 1 aliphatic rings. The summed E-state index contributed by atoms with van der Waals surface area (Å²) in [4.78, 5) is 0.248. The van der Waals surface area contributed by atoms with Crippen LogP contribution < -0.4 is 0 Å². The molecule has 19 heavy (non-hydrogen) atoms. The van der Waals surface area contributed by atoms with Crippen LogP contribution in [0.1, 0.15) is 38.2 Å². The molecule has 6 heteroatoms. The second kappa shape index (κ2) is 5.46. The zero-order valence-corrected chi connectivity index (χ0v) is 13.1. The summed E-state index contributed by atoms with van der Waals surface area (Å²) in [5, 5.41) is 0. The molecule has 0 bridgehead atoms. The molecule has 0 N–H and O–H groups in total. The number of nitrogens with zero attached hydrogens (tertiary/aromatic N) is 1. The molecule has 1 aromatic rings. The molecule has 1 fully saturated rings. The second-order valence-electron chi connectivity index (χ2n) is 5.38. The lowest BCUT2D eigenvalue weighted by molar-refractivity contribution is 0.341. The van der Waals surface area contributed by atoms with Crippen molar-refractivity contribution in [3.05, 3.63) is 17.6 Å². The molecule has 108 valence electrons. The minimum Gasteiger partial charge on any atom is -0.464 e. The monoisotopic (exact) mass is 305 g/mol. The van der Waals surface area contributed by atoms with E-state index < -0.39 is 10.0 Å². The number of halogens is 1. The first-order valence-corrected chi connectivity index (χ1v) is 8.50. The highest BCUT2D eigenvalue weighted by Gasteiger charge is 2.35. The van der Waals surface area contributed by atoms with Gasteiger partial charge in [0, 0.05) is 18.7 Å². The summed E-state index contributed by atoms with van der Waals surface area (Å²) < 4.78 is 32.4. The molecule has 2 rings (SSSR count). The van der Waals surface area contributed by atoms with E-state index in [1.54, 1.807) is 17.3 Å². The normalized spacial score (nSPS) is 16.5. The summed E-state index contributed by atoms with van der Waals surface area (Å²) in [5.41, 5.74) is 0. The van der Waals surface area contributed by atoms with E-state index in [0.29, 0.717) is 24.0 Å². The number of hydrogen-bond acceptors (Lipinski definition) is 3. The average Bonchev–Trinajstić information content (AvgIpc) is 3.07. The Labute approximate surface area is 119 Å². The number of hydrogen-bond donors (Lipinski definition) is 0. The summed E-state index contributed by atoms with van der Waals surface area (Å²) in [5.74, 6) is 1.60. The van der Waals surface area contributed by atoms with Gasteiger partial charge in [0.05, 0.1) is 5.88 Å². The van der Waals surface area contributed by atoms with Gasteiger partial charge in [-0.05, 0) is 39.5 Å². The first-order chi connectivity index (χ1) is 8.86. The Bertz CT molecular complexity index is 546. The largest absolute Gasteiger partial charge is 0.464 e. The smallest absolute Gasteiger partial charge is 0.246 e. The Morgan fingerprint density at radius 2 is 2.11 bits per heavy atom. The predicted molar refractivity (Wildman–Crippen MR) is 74.8 cm³/mol. The maximum atomic E-state index is 12.7. The highest BCUT2D eigenvalue weighted by atomic mass is 35.5. The van der Waals surface area contributed by atoms with Crippen LogP contribution in [-0.2, 0) is 15.9 Å². The lowest BCUT2D eigenvalue weighted by Crippen LogP contribution is -2.38. The van der Waals surface area contributed by atoms with Gasteiger partial charge in [-0.1, -0.05) is 0 Å². The van der Waals surface area contributed by atoms with Crippen LogP contribution in [0.25, 0.3) is 0 Å². The van der Waals surface area contributed by atoms with Gasteiger partial charge in [0.15, 0.2) is 0 Å². The van der Waals surface area contributed by atoms with Crippen molar-refractivity contribution in [3.8, 4) is 0 Å². The SMILES string of the molecule is Cc1oc(CCl)cc1S(=O)(=O)N(CC1CC1)C(C)C. The molecule has 0 unspecified atom stereocenters. The Hall–Kier alpha value is -0.520. The van der Waals surface area contributed by atoms with Gasteiger partial charge in [-0.2, -0.15) is 4.31 Å². The Morgan fingerprint density at radius 1 is 1.47 bits per heavy atom. The van der Waals surface area contributed by atoms with Crippen molar-refractivity contribution in [1.82, 2.24) is 4.31 Å². The van der Waals surface area contributed by atoms with E-state index in [1.807, 2.05) is 13.8 Å². The zero-order valence-electron chi connectivity index (χ0n) is 11.5. The molecule has 0 amide bonds. The van der Waals surface area contributed by atoms with Crippen molar-refractivity contribution in [2.45, 2.75) is 50.4 Å². The van der Waals surface area contributed by atoms with Gasteiger partial charge in [0.2, 0.25) is 10.0 Å². The topological polar surface area (TPSA) is 50.5 Å². The third kappa shape index (κ3) is 3.15. The summed E-state index contributed by atoms with van der Waals surface area (Å²) in [6.07, 6.45) is 2.24. The molecule has 1 aromatic heterocycles. The van der Waals surface area contributed by atoms with Gasteiger partial charge in [-0.25, -0.2) is 8.42 Å². The van der Waals surface area contributed by atoms with E-state index in [-0.39, 0.29) is 16.8 Å². The summed E-state index contributed by atoms with van der Waals surface area (Å²) in [6, 6.07) is 1.49. The molecule has 0 saturated heterocycles. The molecule has 1 aliphatic carbocycles. The molecule has 0 spiro atoms. The maximum Gasteiger partial charge on any atom is 0.246 e. The van der Waals surface area contributed by atoms with Crippen LogP contribution >= 0.6 is 11.6 Å². The van der Waals surface area contributed by atoms with Gasteiger partial charge in [-0.3, -0.25) is 0 Å². The molecule has 0 aliphatic heterocycles. The Kier molecular flexibility index (Phi) is 4.28. The molecule has 1 heterocycles. The van der Waals surface area contributed by atoms with Gasteiger partial charge >= 0.3 is 0 Å². The van der Waals surface area contributed by atoms with Gasteiger partial charge in [-0.15, -0.1) is 11.6 Å². The molecule has 0 aromatic carbocycles. The number of rotatable bonds is 6. The van der Waals surface area contributed by atoms with Gasteiger partial charge < -0.3 is 4.42 Å².